The third-order valence-corrected chi connectivity index (χ3v) is 3.41. The zero-order valence-electron chi connectivity index (χ0n) is 10.4. The van der Waals surface area contributed by atoms with Crippen molar-refractivity contribution < 1.29 is 0 Å². The average molecular weight is 206 g/mol. The molecule has 0 bridgehead atoms. The van der Waals surface area contributed by atoms with Gasteiger partial charge in [-0.3, -0.25) is 4.68 Å². The molecule has 0 N–H and O–H groups in total. The number of aromatic nitrogens is 2. The van der Waals surface area contributed by atoms with Crippen LogP contribution >= 0.6 is 0 Å². The van der Waals surface area contributed by atoms with Crippen LogP contribution in [0.1, 0.15) is 64.3 Å². The Kier molecular flexibility index (Phi) is 2.61. The summed E-state index contributed by atoms with van der Waals surface area (Å²) in [7, 11) is 0. The summed E-state index contributed by atoms with van der Waals surface area (Å²) in [5.41, 5.74) is 2.90. The highest BCUT2D eigenvalue weighted by Crippen LogP contribution is 2.32. The van der Waals surface area contributed by atoms with Gasteiger partial charge < -0.3 is 0 Å². The fraction of sp³-hybridized carbons (Fsp3) is 0.769. The second-order valence-corrected chi connectivity index (χ2v) is 5.67. The van der Waals surface area contributed by atoms with Crippen molar-refractivity contribution in [3.63, 3.8) is 0 Å². The Balaban J connectivity index is 2.37. The van der Waals surface area contributed by atoms with Crippen molar-refractivity contribution in [2.45, 2.75) is 64.8 Å². The molecule has 0 saturated carbocycles. The Morgan fingerprint density at radius 3 is 2.80 bits per heavy atom. The van der Waals surface area contributed by atoms with Gasteiger partial charge in [0, 0.05) is 23.6 Å². The second kappa shape index (κ2) is 3.66. The van der Waals surface area contributed by atoms with Crippen LogP contribution in [0.2, 0.25) is 0 Å². The van der Waals surface area contributed by atoms with Crippen molar-refractivity contribution in [2.24, 2.45) is 0 Å². The highest BCUT2D eigenvalue weighted by Gasteiger charge is 2.25. The van der Waals surface area contributed by atoms with Crippen LogP contribution in [0.15, 0.2) is 6.07 Å². The van der Waals surface area contributed by atoms with E-state index < -0.39 is 0 Å². The summed E-state index contributed by atoms with van der Waals surface area (Å²) in [5, 5.41) is 4.74. The molecule has 15 heavy (non-hydrogen) atoms. The van der Waals surface area contributed by atoms with E-state index in [9.17, 15) is 0 Å². The number of nitrogens with zero attached hydrogens (tertiary/aromatic N) is 2. The van der Waals surface area contributed by atoms with Crippen molar-refractivity contribution in [2.75, 3.05) is 0 Å². The van der Waals surface area contributed by atoms with Gasteiger partial charge in [-0.05, 0) is 25.3 Å². The molecule has 2 heterocycles. The van der Waals surface area contributed by atoms with Crippen molar-refractivity contribution >= 4 is 0 Å². The number of hydrogen-bond donors (Lipinski definition) is 0. The quantitative estimate of drug-likeness (QED) is 0.688. The van der Waals surface area contributed by atoms with Gasteiger partial charge in [0.05, 0.1) is 5.69 Å². The van der Waals surface area contributed by atoms with Crippen LogP contribution < -0.4 is 0 Å². The van der Waals surface area contributed by atoms with E-state index in [2.05, 4.69) is 38.4 Å². The summed E-state index contributed by atoms with van der Waals surface area (Å²) < 4.78 is 2.23. The zero-order valence-corrected chi connectivity index (χ0v) is 10.4. The molecule has 2 heteroatoms. The molecular weight excluding hydrogens is 184 g/mol. The molecule has 1 aromatic heterocycles. The average Bonchev–Trinajstić information content (AvgIpc) is 2.59. The van der Waals surface area contributed by atoms with Crippen LogP contribution in [-0.2, 0) is 12.0 Å². The SMILES string of the molecule is CCC1CCCn2nc(C(C)(C)C)cc21. The molecule has 1 aliphatic heterocycles. The minimum atomic E-state index is 0.183. The van der Waals surface area contributed by atoms with Gasteiger partial charge in [-0.25, -0.2) is 0 Å². The molecule has 1 atom stereocenters. The summed E-state index contributed by atoms with van der Waals surface area (Å²) in [4.78, 5) is 0. The fourth-order valence-electron chi connectivity index (χ4n) is 2.35. The van der Waals surface area contributed by atoms with E-state index in [0.717, 1.165) is 12.5 Å². The molecule has 1 aliphatic rings. The van der Waals surface area contributed by atoms with Crippen LogP contribution in [-0.4, -0.2) is 9.78 Å². The minimum Gasteiger partial charge on any atom is -0.269 e. The summed E-state index contributed by atoms with van der Waals surface area (Å²) in [6.45, 7) is 10.1. The van der Waals surface area contributed by atoms with Gasteiger partial charge in [-0.2, -0.15) is 5.10 Å². The Labute approximate surface area is 92.7 Å². The predicted molar refractivity (Wildman–Crippen MR) is 63.2 cm³/mol. The van der Waals surface area contributed by atoms with Crippen molar-refractivity contribution in [1.82, 2.24) is 9.78 Å². The monoisotopic (exact) mass is 206 g/mol. The highest BCUT2D eigenvalue weighted by atomic mass is 15.3. The van der Waals surface area contributed by atoms with Crippen molar-refractivity contribution in [3.05, 3.63) is 17.5 Å². The predicted octanol–water partition coefficient (Wildman–Crippen LogP) is 3.47. The molecule has 0 spiro atoms. The summed E-state index contributed by atoms with van der Waals surface area (Å²) >= 11 is 0. The Hall–Kier alpha value is -0.790. The lowest BCUT2D eigenvalue weighted by molar-refractivity contribution is 0.411. The Bertz CT molecular complexity index is 344. The smallest absolute Gasteiger partial charge is 0.0680 e. The normalized spacial score (nSPS) is 21.5. The lowest BCUT2D eigenvalue weighted by atomic mass is 9.89. The third-order valence-electron chi connectivity index (χ3n) is 3.41. The molecule has 2 rings (SSSR count). The lowest BCUT2D eigenvalue weighted by Gasteiger charge is -2.21. The molecule has 1 aromatic rings. The Morgan fingerprint density at radius 2 is 2.20 bits per heavy atom. The van der Waals surface area contributed by atoms with E-state index in [-0.39, 0.29) is 5.41 Å². The largest absolute Gasteiger partial charge is 0.269 e. The van der Waals surface area contributed by atoms with Crippen LogP contribution in [0.25, 0.3) is 0 Å². The van der Waals surface area contributed by atoms with Crippen LogP contribution in [0.4, 0.5) is 0 Å². The van der Waals surface area contributed by atoms with E-state index in [1.165, 1.54) is 30.7 Å². The standard InChI is InChI=1S/C13H22N2/c1-5-10-7-6-8-15-11(10)9-12(14-15)13(2,3)4/h9-10H,5-8H2,1-4H3. The summed E-state index contributed by atoms with van der Waals surface area (Å²) in [6.07, 6.45) is 3.87. The van der Waals surface area contributed by atoms with Gasteiger partial charge in [0.15, 0.2) is 0 Å². The molecule has 2 nitrogen and oxygen atoms in total. The summed E-state index contributed by atoms with van der Waals surface area (Å²) in [6, 6.07) is 2.33. The van der Waals surface area contributed by atoms with Crippen LogP contribution in [0.3, 0.4) is 0 Å². The third kappa shape index (κ3) is 1.95. The van der Waals surface area contributed by atoms with Crippen molar-refractivity contribution in [3.8, 4) is 0 Å². The molecule has 0 fully saturated rings. The second-order valence-electron chi connectivity index (χ2n) is 5.67. The zero-order chi connectivity index (χ0) is 11.1. The first-order valence-electron chi connectivity index (χ1n) is 6.10. The van der Waals surface area contributed by atoms with Gasteiger partial charge in [0.1, 0.15) is 0 Å². The maximum absolute atomic E-state index is 4.74. The van der Waals surface area contributed by atoms with Crippen molar-refractivity contribution in [1.29, 1.82) is 0 Å². The first-order valence-corrected chi connectivity index (χ1v) is 6.10. The lowest BCUT2D eigenvalue weighted by Crippen LogP contribution is -2.16. The van der Waals surface area contributed by atoms with E-state index in [1.54, 1.807) is 0 Å². The highest BCUT2D eigenvalue weighted by molar-refractivity contribution is 5.21. The first-order chi connectivity index (χ1) is 7.02. The summed E-state index contributed by atoms with van der Waals surface area (Å²) in [5.74, 6) is 0.738. The van der Waals surface area contributed by atoms with Gasteiger partial charge in [-0.15, -0.1) is 0 Å². The van der Waals surface area contributed by atoms with E-state index >= 15 is 0 Å². The fourth-order valence-corrected chi connectivity index (χ4v) is 2.35. The minimum absolute atomic E-state index is 0.183. The molecule has 0 amide bonds. The molecule has 0 aromatic carbocycles. The van der Waals surface area contributed by atoms with Gasteiger partial charge in [-0.1, -0.05) is 27.7 Å². The molecule has 1 unspecified atom stereocenters. The molecule has 0 aliphatic carbocycles. The number of hydrogen-bond acceptors (Lipinski definition) is 1. The number of rotatable bonds is 1. The van der Waals surface area contributed by atoms with E-state index in [4.69, 9.17) is 5.10 Å². The number of aryl methyl sites for hydroxylation is 1. The van der Waals surface area contributed by atoms with Crippen LogP contribution in [0, 0.1) is 0 Å². The molecule has 0 saturated heterocycles. The first kappa shape index (κ1) is 10.7. The van der Waals surface area contributed by atoms with E-state index in [1.807, 2.05) is 0 Å². The molecule has 84 valence electrons. The van der Waals surface area contributed by atoms with Gasteiger partial charge in [0.2, 0.25) is 0 Å². The van der Waals surface area contributed by atoms with Crippen LogP contribution in [0.5, 0.6) is 0 Å². The maximum Gasteiger partial charge on any atom is 0.0680 e. The van der Waals surface area contributed by atoms with E-state index in [0.29, 0.717) is 0 Å². The number of fused-ring (bicyclic) bond motifs is 1. The van der Waals surface area contributed by atoms with Gasteiger partial charge in [0.25, 0.3) is 0 Å². The topological polar surface area (TPSA) is 17.8 Å². The molecule has 0 radical (unpaired) electrons. The molecular formula is C13H22N2. The Morgan fingerprint density at radius 1 is 1.47 bits per heavy atom. The maximum atomic E-state index is 4.74. The van der Waals surface area contributed by atoms with Gasteiger partial charge >= 0.3 is 0 Å².